The molecule has 4 nitrogen and oxygen atoms in total. The number of amides is 1. The summed E-state index contributed by atoms with van der Waals surface area (Å²) in [5.41, 5.74) is -1.18. The Kier molecular flexibility index (Phi) is 6.38. The Morgan fingerprint density at radius 3 is 2.46 bits per heavy atom. The quantitative estimate of drug-likeness (QED) is 0.833. The minimum absolute atomic E-state index is 0.0292. The van der Waals surface area contributed by atoms with Crippen molar-refractivity contribution in [3.63, 3.8) is 0 Å². The number of carbonyl (C=O) groups excluding carboxylic acids is 1. The predicted molar refractivity (Wildman–Crippen MR) is 83.7 cm³/mol. The van der Waals surface area contributed by atoms with E-state index in [0.29, 0.717) is 5.56 Å². The summed E-state index contributed by atoms with van der Waals surface area (Å²) in [5, 5.41) is 13.5. The number of nitrogens with one attached hydrogen (secondary N) is 1. The van der Waals surface area contributed by atoms with Gasteiger partial charge in [0.25, 0.3) is 5.91 Å². The van der Waals surface area contributed by atoms with Gasteiger partial charge in [-0.1, -0.05) is 26.0 Å². The highest BCUT2D eigenvalue weighted by Gasteiger charge is 2.32. The third-order valence-electron chi connectivity index (χ3n) is 4.18. The van der Waals surface area contributed by atoms with Crippen LogP contribution < -0.4 is 10.6 Å². The zero-order valence-electron chi connectivity index (χ0n) is 14.2. The number of nitrogens with zero attached hydrogens (tertiary/aromatic N) is 1. The SMILES string of the molecule is CC(C)[C@](C)(C#N)NC(=O)C[NH2+][C@H](C)c1cccc(C(F)(F)F)c1. The number of hydrogen-bond donors (Lipinski definition) is 2. The van der Waals surface area contributed by atoms with Crippen LogP contribution in [0.15, 0.2) is 24.3 Å². The molecule has 1 rings (SSSR count). The van der Waals surface area contributed by atoms with Crippen LogP contribution in [0.4, 0.5) is 13.2 Å². The van der Waals surface area contributed by atoms with Crippen LogP contribution in [0.25, 0.3) is 0 Å². The fourth-order valence-corrected chi connectivity index (χ4v) is 2.06. The molecule has 1 amide bonds. The fourth-order valence-electron chi connectivity index (χ4n) is 2.06. The van der Waals surface area contributed by atoms with Crippen LogP contribution in [-0.2, 0) is 11.0 Å². The highest BCUT2D eigenvalue weighted by Crippen LogP contribution is 2.30. The number of nitrogens with two attached hydrogens (primary N) is 1. The van der Waals surface area contributed by atoms with Gasteiger partial charge in [-0.25, -0.2) is 0 Å². The first kappa shape index (κ1) is 20.0. The molecule has 2 atom stereocenters. The maximum absolute atomic E-state index is 12.7. The molecule has 1 aromatic carbocycles. The summed E-state index contributed by atoms with van der Waals surface area (Å²) in [6.45, 7) is 7.07. The highest BCUT2D eigenvalue weighted by atomic mass is 19.4. The molecule has 132 valence electrons. The number of benzene rings is 1. The summed E-state index contributed by atoms with van der Waals surface area (Å²) in [6, 6.07) is 6.83. The number of rotatable bonds is 6. The summed E-state index contributed by atoms with van der Waals surface area (Å²) in [6.07, 6.45) is -4.39. The summed E-state index contributed by atoms with van der Waals surface area (Å²) < 4.78 is 38.2. The second kappa shape index (κ2) is 7.67. The molecule has 0 aliphatic rings. The lowest BCUT2D eigenvalue weighted by Crippen LogP contribution is -2.87. The average Bonchev–Trinajstić information content (AvgIpc) is 2.51. The Morgan fingerprint density at radius 2 is 1.96 bits per heavy atom. The van der Waals surface area contributed by atoms with E-state index in [4.69, 9.17) is 0 Å². The van der Waals surface area contributed by atoms with Gasteiger partial charge in [-0.2, -0.15) is 18.4 Å². The van der Waals surface area contributed by atoms with Crippen molar-refractivity contribution in [1.82, 2.24) is 5.32 Å². The maximum Gasteiger partial charge on any atom is 0.416 e. The Labute approximate surface area is 140 Å². The van der Waals surface area contributed by atoms with Crippen LogP contribution in [0.5, 0.6) is 0 Å². The molecule has 0 fully saturated rings. The largest absolute Gasteiger partial charge is 0.416 e. The van der Waals surface area contributed by atoms with Crippen LogP contribution in [0.2, 0.25) is 0 Å². The Balaban J connectivity index is 2.68. The van der Waals surface area contributed by atoms with Gasteiger partial charge in [-0.05, 0) is 31.9 Å². The van der Waals surface area contributed by atoms with E-state index in [9.17, 15) is 23.2 Å². The number of nitriles is 1. The van der Waals surface area contributed by atoms with Gasteiger partial charge in [-0.15, -0.1) is 0 Å². The number of alkyl halides is 3. The van der Waals surface area contributed by atoms with E-state index in [0.717, 1.165) is 12.1 Å². The van der Waals surface area contributed by atoms with Gasteiger partial charge in [0.2, 0.25) is 0 Å². The molecule has 0 bridgehead atoms. The van der Waals surface area contributed by atoms with E-state index in [1.165, 1.54) is 6.07 Å². The minimum Gasteiger partial charge on any atom is -0.333 e. The van der Waals surface area contributed by atoms with Crippen molar-refractivity contribution in [3.05, 3.63) is 35.4 Å². The van der Waals surface area contributed by atoms with E-state index in [-0.39, 0.29) is 24.4 Å². The van der Waals surface area contributed by atoms with E-state index in [1.807, 2.05) is 13.8 Å². The third-order valence-corrected chi connectivity index (χ3v) is 4.18. The molecule has 0 saturated carbocycles. The smallest absolute Gasteiger partial charge is 0.333 e. The number of quaternary nitrogens is 1. The zero-order chi connectivity index (χ0) is 18.5. The molecule has 7 heteroatoms. The van der Waals surface area contributed by atoms with Gasteiger partial charge in [0.1, 0.15) is 11.6 Å². The molecule has 0 aliphatic carbocycles. The summed E-state index contributed by atoms with van der Waals surface area (Å²) in [4.78, 5) is 12.0. The first-order valence-corrected chi connectivity index (χ1v) is 7.72. The van der Waals surface area contributed by atoms with Gasteiger partial charge in [0, 0.05) is 5.56 Å². The molecule has 1 aromatic rings. The molecule has 0 aliphatic heterocycles. The van der Waals surface area contributed by atoms with Crippen molar-refractivity contribution < 1.29 is 23.3 Å². The normalized spacial score (nSPS) is 15.5. The van der Waals surface area contributed by atoms with Crippen LogP contribution in [0.1, 0.15) is 44.9 Å². The first-order chi connectivity index (χ1) is 11.0. The van der Waals surface area contributed by atoms with Gasteiger partial charge >= 0.3 is 6.18 Å². The number of halogens is 3. The van der Waals surface area contributed by atoms with Gasteiger partial charge in [-0.3, -0.25) is 4.79 Å². The summed E-state index contributed by atoms with van der Waals surface area (Å²) in [7, 11) is 0. The molecular weight excluding hydrogens is 319 g/mol. The van der Waals surface area contributed by atoms with E-state index in [1.54, 1.807) is 25.2 Å². The van der Waals surface area contributed by atoms with Crippen molar-refractivity contribution >= 4 is 5.91 Å². The molecule has 0 spiro atoms. The lowest BCUT2D eigenvalue weighted by molar-refractivity contribution is -0.682. The maximum atomic E-state index is 12.7. The average molecular weight is 342 g/mol. The molecule has 0 saturated heterocycles. The molecule has 0 heterocycles. The molecule has 0 radical (unpaired) electrons. The van der Waals surface area contributed by atoms with Crippen molar-refractivity contribution in [3.8, 4) is 6.07 Å². The van der Waals surface area contributed by atoms with Crippen molar-refractivity contribution in [2.24, 2.45) is 5.92 Å². The Bertz CT molecular complexity index is 622. The van der Waals surface area contributed by atoms with E-state index in [2.05, 4.69) is 11.4 Å². The van der Waals surface area contributed by atoms with Crippen LogP contribution >= 0.6 is 0 Å². The fraction of sp³-hybridized carbons (Fsp3) is 0.529. The van der Waals surface area contributed by atoms with E-state index < -0.39 is 17.3 Å². The monoisotopic (exact) mass is 342 g/mol. The van der Waals surface area contributed by atoms with Crippen LogP contribution in [0, 0.1) is 17.2 Å². The van der Waals surface area contributed by atoms with Crippen LogP contribution in [0.3, 0.4) is 0 Å². The summed E-state index contributed by atoms with van der Waals surface area (Å²) in [5.74, 6) is -0.390. The molecule has 24 heavy (non-hydrogen) atoms. The lowest BCUT2D eigenvalue weighted by Gasteiger charge is -2.27. The second-order valence-electron chi connectivity index (χ2n) is 6.37. The summed E-state index contributed by atoms with van der Waals surface area (Å²) >= 11 is 0. The minimum atomic E-state index is -4.39. The third kappa shape index (κ3) is 5.24. The Morgan fingerprint density at radius 1 is 1.33 bits per heavy atom. The van der Waals surface area contributed by atoms with Crippen LogP contribution in [-0.4, -0.2) is 18.0 Å². The molecule has 0 unspecified atom stereocenters. The zero-order valence-corrected chi connectivity index (χ0v) is 14.2. The number of hydrogen-bond acceptors (Lipinski definition) is 2. The van der Waals surface area contributed by atoms with Crippen molar-refractivity contribution in [1.29, 1.82) is 5.26 Å². The van der Waals surface area contributed by atoms with E-state index >= 15 is 0 Å². The lowest BCUT2D eigenvalue weighted by atomic mass is 9.90. The van der Waals surface area contributed by atoms with Gasteiger partial charge in [0.05, 0.1) is 11.6 Å². The van der Waals surface area contributed by atoms with Crippen molar-refractivity contribution in [2.45, 2.75) is 45.5 Å². The van der Waals surface area contributed by atoms with Gasteiger partial charge in [0.15, 0.2) is 6.54 Å². The highest BCUT2D eigenvalue weighted by molar-refractivity contribution is 5.78. The molecular formula is C17H23F3N3O+. The number of carbonyl (C=O) groups is 1. The molecule has 0 aromatic heterocycles. The first-order valence-electron chi connectivity index (χ1n) is 7.72. The van der Waals surface area contributed by atoms with Crippen molar-refractivity contribution in [2.75, 3.05) is 6.54 Å². The predicted octanol–water partition coefficient (Wildman–Crippen LogP) is 2.38. The standard InChI is InChI=1S/C17H22F3N3O/c1-11(2)16(4,10-21)23-15(24)9-22-12(3)13-6-5-7-14(8-13)17(18,19)20/h5-8,11-12,22H,9H2,1-4H3,(H,23,24)/p+1/t12-,16+/m1/s1. The van der Waals surface area contributed by atoms with Gasteiger partial charge < -0.3 is 10.6 Å². The topological polar surface area (TPSA) is 69.5 Å². The molecule has 3 N–H and O–H groups in total. The second-order valence-corrected chi connectivity index (χ2v) is 6.37. The Hall–Kier alpha value is -2.07.